The van der Waals surface area contributed by atoms with Crippen molar-refractivity contribution in [3.63, 3.8) is 0 Å². The summed E-state index contributed by atoms with van der Waals surface area (Å²) in [5.74, 6) is 0. The monoisotopic (exact) mass is 258 g/mol. The first kappa shape index (κ1) is 9.83. The number of fused-ring (bicyclic) bond motifs is 1. The van der Waals surface area contributed by atoms with Crippen LogP contribution in [0, 0.1) is 0 Å². The summed E-state index contributed by atoms with van der Waals surface area (Å²) in [5, 5.41) is 7.47. The van der Waals surface area contributed by atoms with Crippen LogP contribution in [0.2, 0.25) is 5.28 Å². The fourth-order valence-electron chi connectivity index (χ4n) is 0.778. The normalized spacial score (nSPS) is 9.75. The standard InChI is InChI=1S/C5H3ClN4O.Y/c6-5-8-3-2(1-7-10-3)4(11)9-5;/h1H,(H2,7,8,9,10,11);/p-1. The molecule has 0 saturated heterocycles. The molecule has 1 radical (unpaired) electrons. The molecule has 0 spiro atoms. The molecule has 0 saturated carbocycles. The van der Waals surface area contributed by atoms with E-state index >= 15 is 0 Å². The van der Waals surface area contributed by atoms with Crippen LogP contribution in [-0.4, -0.2) is 15.1 Å². The first-order valence-electron chi connectivity index (χ1n) is 2.81. The second kappa shape index (κ2) is 3.64. The molecule has 2 heterocycles. The molecule has 0 aliphatic heterocycles. The van der Waals surface area contributed by atoms with Crippen molar-refractivity contribution in [1.29, 1.82) is 0 Å². The predicted octanol–water partition coefficient (Wildman–Crippen LogP) is -0.0738. The number of nitrogens with zero attached hydrogens (tertiary/aromatic N) is 3. The molecule has 0 aromatic carbocycles. The maximum atomic E-state index is 11.0. The van der Waals surface area contributed by atoms with E-state index in [1.54, 1.807) is 0 Å². The molecular weight excluding hydrogens is 256 g/mol. The van der Waals surface area contributed by atoms with Gasteiger partial charge >= 0.3 is 0 Å². The van der Waals surface area contributed by atoms with Gasteiger partial charge in [0.2, 0.25) is 0 Å². The summed E-state index contributed by atoms with van der Waals surface area (Å²) in [6, 6.07) is 0. The second-order valence-electron chi connectivity index (χ2n) is 1.94. The summed E-state index contributed by atoms with van der Waals surface area (Å²) in [7, 11) is 0. The summed E-state index contributed by atoms with van der Waals surface area (Å²) in [6.45, 7) is 0. The Bertz CT molecular complexity index is 450. The molecule has 12 heavy (non-hydrogen) atoms. The molecule has 0 amide bonds. The van der Waals surface area contributed by atoms with Crippen molar-refractivity contribution in [3.8, 4) is 0 Å². The van der Waals surface area contributed by atoms with Crippen LogP contribution in [0.25, 0.3) is 11.0 Å². The Labute approximate surface area is 96.8 Å². The van der Waals surface area contributed by atoms with E-state index in [1.165, 1.54) is 6.20 Å². The molecule has 7 heteroatoms. The minimum absolute atomic E-state index is 0. The molecule has 2 rings (SSSR count). The Kier molecular flexibility index (Phi) is 2.98. The molecule has 5 nitrogen and oxygen atoms in total. The van der Waals surface area contributed by atoms with Gasteiger partial charge in [-0.1, -0.05) is 11.6 Å². The van der Waals surface area contributed by atoms with E-state index in [9.17, 15) is 4.79 Å². The van der Waals surface area contributed by atoms with Gasteiger partial charge in [0.25, 0.3) is 5.56 Å². The molecule has 0 aliphatic rings. The Balaban J connectivity index is 0.000000720. The van der Waals surface area contributed by atoms with E-state index in [-0.39, 0.29) is 49.2 Å². The fraction of sp³-hybridized carbons (Fsp3) is 0. The van der Waals surface area contributed by atoms with Gasteiger partial charge in [0.15, 0.2) is 0 Å². The number of hydrogen-bond donors (Lipinski definition) is 1. The van der Waals surface area contributed by atoms with E-state index in [1.807, 2.05) is 0 Å². The van der Waals surface area contributed by atoms with Crippen molar-refractivity contribution in [2.75, 3.05) is 0 Å². The second-order valence-corrected chi connectivity index (χ2v) is 2.30. The molecule has 2 aromatic rings. The molecule has 1 N–H and O–H groups in total. The van der Waals surface area contributed by atoms with Gasteiger partial charge in [-0.3, -0.25) is 9.89 Å². The molecule has 0 unspecified atom stereocenters. The van der Waals surface area contributed by atoms with E-state index in [2.05, 4.69) is 20.2 Å². The van der Waals surface area contributed by atoms with Crippen molar-refractivity contribution in [1.82, 2.24) is 20.2 Å². The van der Waals surface area contributed by atoms with Crippen molar-refractivity contribution in [2.45, 2.75) is 0 Å². The first-order valence-corrected chi connectivity index (χ1v) is 3.19. The molecular formula is C5H2ClN4OY-. The molecule has 2 aromatic heterocycles. The van der Waals surface area contributed by atoms with E-state index in [0.717, 1.165) is 0 Å². The average molecular weight is 258 g/mol. The number of halogens is 1. The van der Waals surface area contributed by atoms with Crippen LogP contribution in [-0.2, 0) is 32.7 Å². The first-order chi connectivity index (χ1) is 5.27. The van der Waals surface area contributed by atoms with Gasteiger partial charge in [0.05, 0.1) is 10.7 Å². The van der Waals surface area contributed by atoms with E-state index < -0.39 is 0 Å². The van der Waals surface area contributed by atoms with Crippen LogP contribution in [0.5, 0.6) is 0 Å². The number of nitrogens with one attached hydrogen (secondary N) is 1. The molecule has 59 valence electrons. The minimum Gasteiger partial charge on any atom is -0.410 e. The molecule has 0 fully saturated rings. The van der Waals surface area contributed by atoms with Crippen molar-refractivity contribution in [3.05, 3.63) is 21.8 Å². The zero-order chi connectivity index (χ0) is 7.84. The zero-order valence-corrected chi connectivity index (χ0v) is 9.38. The van der Waals surface area contributed by atoms with E-state index in [4.69, 9.17) is 11.6 Å². The maximum absolute atomic E-state index is 11.0. The van der Waals surface area contributed by atoms with Crippen LogP contribution >= 0.6 is 11.6 Å². The third-order valence-electron chi connectivity index (χ3n) is 1.25. The van der Waals surface area contributed by atoms with Gasteiger partial charge in [0.1, 0.15) is 0 Å². The van der Waals surface area contributed by atoms with Gasteiger partial charge in [0, 0.05) is 38.9 Å². The summed E-state index contributed by atoms with van der Waals surface area (Å²) in [5.41, 5.74) is -0.0382. The summed E-state index contributed by atoms with van der Waals surface area (Å²) in [4.78, 5) is 17.1. The zero-order valence-electron chi connectivity index (χ0n) is 5.78. The number of H-pyrrole nitrogens is 1. The van der Waals surface area contributed by atoms with Crippen molar-refractivity contribution < 1.29 is 32.7 Å². The Morgan fingerprint density at radius 1 is 1.58 bits per heavy atom. The Morgan fingerprint density at radius 3 is 3.08 bits per heavy atom. The number of hydrogen-bond acceptors (Lipinski definition) is 3. The Morgan fingerprint density at radius 2 is 2.33 bits per heavy atom. The van der Waals surface area contributed by atoms with E-state index in [0.29, 0.717) is 5.39 Å². The van der Waals surface area contributed by atoms with Crippen molar-refractivity contribution in [2.24, 2.45) is 0 Å². The SMILES string of the molecule is O=c1[nH]c(Cl)nc2[n-]ncc12.[Y]. The van der Waals surface area contributed by atoms with Crippen LogP contribution in [0.4, 0.5) is 0 Å². The van der Waals surface area contributed by atoms with Gasteiger partial charge in [-0.15, -0.1) is 0 Å². The van der Waals surface area contributed by atoms with Gasteiger partial charge < -0.3 is 15.1 Å². The van der Waals surface area contributed by atoms with Gasteiger partial charge in [-0.25, -0.2) is 0 Å². The summed E-state index contributed by atoms with van der Waals surface area (Å²) < 4.78 is 0. The third kappa shape index (κ3) is 1.58. The maximum Gasteiger partial charge on any atom is 0.257 e. The third-order valence-corrected chi connectivity index (χ3v) is 1.42. The van der Waals surface area contributed by atoms with Crippen molar-refractivity contribution >= 4 is 22.6 Å². The largest absolute Gasteiger partial charge is 0.410 e. The Hall–Kier alpha value is -0.256. The van der Waals surface area contributed by atoms with Gasteiger partial charge in [-0.2, -0.15) is 0 Å². The smallest absolute Gasteiger partial charge is 0.257 e. The number of aromatic nitrogens is 4. The van der Waals surface area contributed by atoms with Crippen LogP contribution in [0.1, 0.15) is 0 Å². The summed E-state index contributed by atoms with van der Waals surface area (Å²) >= 11 is 5.45. The molecule has 0 atom stereocenters. The molecule has 0 aliphatic carbocycles. The number of rotatable bonds is 0. The number of aromatic amines is 1. The minimum atomic E-state index is -0.315. The van der Waals surface area contributed by atoms with Crippen LogP contribution in [0.15, 0.2) is 11.0 Å². The summed E-state index contributed by atoms with van der Waals surface area (Å²) in [6.07, 6.45) is 1.34. The van der Waals surface area contributed by atoms with Gasteiger partial charge in [-0.05, 0) is 5.65 Å². The quantitative estimate of drug-likeness (QED) is 0.671. The predicted molar refractivity (Wildman–Crippen MR) is 38.5 cm³/mol. The van der Waals surface area contributed by atoms with Crippen LogP contribution in [0.3, 0.4) is 0 Å². The molecule has 0 bridgehead atoms. The van der Waals surface area contributed by atoms with Crippen LogP contribution < -0.4 is 10.7 Å². The fourth-order valence-corrected chi connectivity index (χ4v) is 0.943. The average Bonchev–Trinajstić information content (AvgIpc) is 2.34. The topological polar surface area (TPSA) is 72.7 Å².